The molecule has 0 unspecified atom stereocenters. The first-order chi connectivity index (χ1) is 8.31. The fraction of sp³-hybridized carbons (Fsp3) is 0.100. The number of nitrogens with two attached hydrogens (primary N) is 1. The van der Waals surface area contributed by atoms with Gasteiger partial charge in [0.2, 0.25) is 0 Å². The molecule has 7 nitrogen and oxygen atoms in total. The zero-order valence-corrected chi connectivity index (χ0v) is 8.88. The lowest BCUT2D eigenvalue weighted by Crippen LogP contribution is -2.25. The molecule has 17 heavy (non-hydrogen) atoms. The SMILES string of the molecule is NNc1ncccc1C(=O)NCc1ccon1. The number of nitrogens with zero attached hydrogens (tertiary/aromatic N) is 2. The number of anilines is 1. The van der Waals surface area contributed by atoms with E-state index in [9.17, 15) is 4.79 Å². The van der Waals surface area contributed by atoms with Crippen LogP contribution < -0.4 is 16.6 Å². The molecule has 0 aromatic carbocycles. The topological polar surface area (TPSA) is 106 Å². The average molecular weight is 233 g/mol. The molecule has 0 radical (unpaired) electrons. The van der Waals surface area contributed by atoms with Gasteiger partial charge in [0.15, 0.2) is 5.82 Å². The van der Waals surface area contributed by atoms with E-state index >= 15 is 0 Å². The highest BCUT2D eigenvalue weighted by atomic mass is 16.5. The molecule has 2 rings (SSSR count). The van der Waals surface area contributed by atoms with Crippen LogP contribution in [0, 0.1) is 0 Å². The first kappa shape index (κ1) is 11.1. The van der Waals surface area contributed by atoms with Crippen molar-refractivity contribution in [1.82, 2.24) is 15.5 Å². The monoisotopic (exact) mass is 233 g/mol. The zero-order chi connectivity index (χ0) is 12.1. The molecule has 0 saturated heterocycles. The fourth-order valence-corrected chi connectivity index (χ4v) is 1.30. The second-order valence-electron chi connectivity index (χ2n) is 3.22. The van der Waals surface area contributed by atoms with Gasteiger partial charge in [0.25, 0.3) is 5.91 Å². The number of aromatic nitrogens is 2. The fourth-order valence-electron chi connectivity index (χ4n) is 1.30. The maximum Gasteiger partial charge on any atom is 0.255 e. The van der Waals surface area contributed by atoms with Crippen LogP contribution in [0.4, 0.5) is 5.82 Å². The largest absolute Gasteiger partial charge is 0.364 e. The third-order valence-corrected chi connectivity index (χ3v) is 2.11. The third kappa shape index (κ3) is 2.58. The zero-order valence-electron chi connectivity index (χ0n) is 8.88. The van der Waals surface area contributed by atoms with Crippen molar-refractivity contribution in [2.75, 3.05) is 5.43 Å². The van der Waals surface area contributed by atoms with Crippen LogP contribution in [0.15, 0.2) is 35.2 Å². The van der Waals surface area contributed by atoms with Crippen molar-refractivity contribution in [3.05, 3.63) is 41.9 Å². The Kier molecular flexibility index (Phi) is 3.31. The van der Waals surface area contributed by atoms with Gasteiger partial charge in [-0.1, -0.05) is 5.16 Å². The van der Waals surface area contributed by atoms with Crippen molar-refractivity contribution in [1.29, 1.82) is 0 Å². The molecule has 2 heterocycles. The first-order valence-electron chi connectivity index (χ1n) is 4.90. The summed E-state index contributed by atoms with van der Waals surface area (Å²) in [5.41, 5.74) is 3.38. The quantitative estimate of drug-likeness (QED) is 0.517. The van der Waals surface area contributed by atoms with Gasteiger partial charge in [-0.15, -0.1) is 0 Å². The number of rotatable bonds is 4. The summed E-state index contributed by atoms with van der Waals surface area (Å²) in [5.74, 6) is 5.30. The van der Waals surface area contributed by atoms with E-state index in [4.69, 9.17) is 5.84 Å². The lowest BCUT2D eigenvalue weighted by atomic mass is 10.2. The van der Waals surface area contributed by atoms with Crippen LogP contribution in [0.1, 0.15) is 16.1 Å². The number of carbonyl (C=O) groups excluding carboxylic acids is 1. The smallest absolute Gasteiger partial charge is 0.255 e. The number of nitrogen functional groups attached to an aromatic ring is 1. The van der Waals surface area contributed by atoms with Crippen molar-refractivity contribution >= 4 is 11.7 Å². The molecule has 1 amide bonds. The van der Waals surface area contributed by atoms with Gasteiger partial charge in [-0.3, -0.25) is 4.79 Å². The summed E-state index contributed by atoms with van der Waals surface area (Å²) < 4.78 is 4.65. The Morgan fingerprint density at radius 1 is 1.47 bits per heavy atom. The maximum absolute atomic E-state index is 11.8. The minimum atomic E-state index is -0.283. The van der Waals surface area contributed by atoms with Crippen LogP contribution in [0.25, 0.3) is 0 Å². The summed E-state index contributed by atoms with van der Waals surface area (Å²) in [6.45, 7) is 0.286. The van der Waals surface area contributed by atoms with E-state index in [-0.39, 0.29) is 12.5 Å². The molecule has 2 aromatic rings. The van der Waals surface area contributed by atoms with Gasteiger partial charge in [-0.25, -0.2) is 10.8 Å². The number of hydrogen-bond donors (Lipinski definition) is 3. The molecule has 0 fully saturated rings. The second-order valence-corrected chi connectivity index (χ2v) is 3.22. The predicted molar refractivity (Wildman–Crippen MR) is 59.7 cm³/mol. The van der Waals surface area contributed by atoms with E-state index < -0.39 is 0 Å². The number of hydrogen-bond acceptors (Lipinski definition) is 6. The Morgan fingerprint density at radius 3 is 3.06 bits per heavy atom. The minimum absolute atomic E-state index is 0.283. The van der Waals surface area contributed by atoms with Crippen LogP contribution in [0.3, 0.4) is 0 Å². The number of carbonyl (C=O) groups is 1. The molecule has 0 atom stereocenters. The average Bonchev–Trinajstić information content (AvgIpc) is 2.89. The molecule has 0 spiro atoms. The van der Waals surface area contributed by atoms with Gasteiger partial charge < -0.3 is 15.3 Å². The summed E-state index contributed by atoms with van der Waals surface area (Å²) in [6, 6.07) is 4.96. The molecular weight excluding hydrogens is 222 g/mol. The van der Waals surface area contributed by atoms with Crippen LogP contribution in [-0.2, 0) is 6.54 Å². The third-order valence-electron chi connectivity index (χ3n) is 2.11. The maximum atomic E-state index is 11.8. The van der Waals surface area contributed by atoms with Gasteiger partial charge in [0.05, 0.1) is 12.1 Å². The highest BCUT2D eigenvalue weighted by Gasteiger charge is 2.11. The Hall–Kier alpha value is -2.41. The van der Waals surface area contributed by atoms with E-state index in [0.717, 1.165) is 0 Å². The van der Waals surface area contributed by atoms with E-state index in [2.05, 4.69) is 25.4 Å². The van der Waals surface area contributed by atoms with Gasteiger partial charge in [0, 0.05) is 12.3 Å². The van der Waals surface area contributed by atoms with Gasteiger partial charge in [-0.05, 0) is 12.1 Å². The van der Waals surface area contributed by atoms with Gasteiger partial charge >= 0.3 is 0 Å². The molecule has 88 valence electrons. The van der Waals surface area contributed by atoms with Crippen LogP contribution in [0.2, 0.25) is 0 Å². The Bertz CT molecular complexity index is 497. The lowest BCUT2D eigenvalue weighted by Gasteiger charge is -2.07. The van der Waals surface area contributed by atoms with Crippen molar-refractivity contribution in [2.45, 2.75) is 6.54 Å². The number of nitrogens with one attached hydrogen (secondary N) is 2. The number of amides is 1. The molecule has 0 aliphatic rings. The first-order valence-corrected chi connectivity index (χ1v) is 4.90. The molecule has 4 N–H and O–H groups in total. The predicted octanol–water partition coefficient (Wildman–Crippen LogP) is 0.285. The highest BCUT2D eigenvalue weighted by Crippen LogP contribution is 2.09. The Morgan fingerprint density at radius 2 is 2.35 bits per heavy atom. The minimum Gasteiger partial charge on any atom is -0.364 e. The van der Waals surface area contributed by atoms with Gasteiger partial charge in [-0.2, -0.15) is 0 Å². The summed E-state index contributed by atoms with van der Waals surface area (Å²) >= 11 is 0. The van der Waals surface area contributed by atoms with Crippen LogP contribution >= 0.6 is 0 Å². The van der Waals surface area contributed by atoms with Crippen molar-refractivity contribution in [3.63, 3.8) is 0 Å². The second kappa shape index (κ2) is 5.08. The Labute approximate surface area is 97.0 Å². The number of pyridine rings is 1. The van der Waals surface area contributed by atoms with Crippen molar-refractivity contribution in [3.8, 4) is 0 Å². The lowest BCUT2D eigenvalue weighted by molar-refractivity contribution is 0.0950. The summed E-state index contributed by atoms with van der Waals surface area (Å²) in [6.07, 6.45) is 2.99. The van der Waals surface area contributed by atoms with Crippen molar-refractivity contribution < 1.29 is 9.32 Å². The normalized spacial score (nSPS) is 9.94. The summed E-state index contributed by atoms with van der Waals surface area (Å²) in [7, 11) is 0. The highest BCUT2D eigenvalue weighted by molar-refractivity contribution is 5.98. The molecule has 0 aliphatic heterocycles. The number of hydrazine groups is 1. The summed E-state index contributed by atoms with van der Waals surface area (Å²) in [4.78, 5) is 15.7. The van der Waals surface area contributed by atoms with E-state index in [1.165, 1.54) is 6.26 Å². The Balaban J connectivity index is 2.04. The van der Waals surface area contributed by atoms with E-state index in [0.29, 0.717) is 17.1 Å². The molecule has 0 bridgehead atoms. The van der Waals surface area contributed by atoms with Crippen LogP contribution in [-0.4, -0.2) is 16.0 Å². The summed E-state index contributed by atoms with van der Waals surface area (Å²) in [5, 5.41) is 6.36. The molecular formula is C10H11N5O2. The molecule has 0 saturated carbocycles. The standard InChI is InChI=1S/C10H11N5O2/c11-14-9-8(2-1-4-12-9)10(16)13-6-7-3-5-17-15-7/h1-5H,6,11H2,(H,12,14)(H,13,16). The molecule has 2 aromatic heterocycles. The van der Waals surface area contributed by atoms with Crippen LogP contribution in [0.5, 0.6) is 0 Å². The van der Waals surface area contributed by atoms with Gasteiger partial charge in [0.1, 0.15) is 12.0 Å². The van der Waals surface area contributed by atoms with E-state index in [1.54, 1.807) is 24.4 Å². The molecule has 0 aliphatic carbocycles. The van der Waals surface area contributed by atoms with Crippen molar-refractivity contribution in [2.24, 2.45) is 5.84 Å². The van der Waals surface area contributed by atoms with E-state index in [1.807, 2.05) is 0 Å². The molecule has 7 heteroatoms.